The molecule has 2 rings (SSSR count). The topological polar surface area (TPSA) is 82.1 Å². The maximum absolute atomic E-state index is 11.4. The molecule has 0 radical (unpaired) electrons. The lowest BCUT2D eigenvalue weighted by Crippen LogP contribution is -2.04. The third kappa shape index (κ3) is 14.6. The predicted molar refractivity (Wildman–Crippen MR) is 150 cm³/mol. The van der Waals surface area contributed by atoms with Gasteiger partial charge in [0, 0.05) is 12.2 Å². The highest BCUT2D eigenvalue weighted by molar-refractivity contribution is 5.87. The Hall–Kier alpha value is -3.54. The van der Waals surface area contributed by atoms with Gasteiger partial charge in [-0.15, -0.1) is 0 Å². The minimum atomic E-state index is -0.927. The quantitative estimate of drug-likeness (QED) is 0.229. The van der Waals surface area contributed by atoms with E-state index in [0.29, 0.717) is 25.0 Å². The Morgan fingerprint density at radius 2 is 1.54 bits per heavy atom. The van der Waals surface area contributed by atoms with E-state index in [1.807, 2.05) is 49.4 Å². The number of rotatable bonds is 13. The average molecular weight is 511 g/mol. The van der Waals surface area contributed by atoms with Crippen molar-refractivity contribution in [2.24, 2.45) is 11.8 Å². The lowest BCUT2D eigenvalue weighted by Gasteiger charge is -2.11. The third-order valence-corrected chi connectivity index (χ3v) is 5.29. The SMILES string of the molecule is CCOc1ccc(C=CC(=O)O)c(CCC(C)C)c1.COc1ccc(C=CC(=O)OCCC(C)C)cc1. The van der Waals surface area contributed by atoms with Crippen molar-refractivity contribution in [3.63, 3.8) is 0 Å². The first kappa shape index (κ1) is 31.5. The standard InChI is InChI=1S/C16H22O3.C15H20O3/c1-4-19-15-9-7-13(8-10-16(17)18)14(11-15)6-5-12(2)3;1-12(2)10-11-18-15(16)9-6-13-4-7-14(17-3)8-5-13/h7-12H,4-6H2,1-3H3,(H,17,18);4-9,12H,10-11H2,1-3H3. The summed E-state index contributed by atoms with van der Waals surface area (Å²) in [7, 11) is 1.62. The number of esters is 1. The first-order valence-corrected chi connectivity index (χ1v) is 12.8. The van der Waals surface area contributed by atoms with Crippen LogP contribution in [0.3, 0.4) is 0 Å². The number of ether oxygens (including phenoxy) is 3. The van der Waals surface area contributed by atoms with Crippen LogP contribution in [0, 0.1) is 11.8 Å². The van der Waals surface area contributed by atoms with Gasteiger partial charge in [-0.1, -0.05) is 45.9 Å². The van der Waals surface area contributed by atoms with Crippen molar-refractivity contribution in [1.82, 2.24) is 0 Å². The van der Waals surface area contributed by atoms with E-state index in [4.69, 9.17) is 19.3 Å². The molecule has 0 amide bonds. The van der Waals surface area contributed by atoms with Crippen LogP contribution in [0.15, 0.2) is 54.6 Å². The third-order valence-electron chi connectivity index (χ3n) is 5.29. The maximum atomic E-state index is 11.4. The number of carboxylic acid groups (broad SMARTS) is 1. The Morgan fingerprint density at radius 3 is 2.11 bits per heavy atom. The van der Waals surface area contributed by atoms with Crippen LogP contribution in [0.5, 0.6) is 11.5 Å². The van der Waals surface area contributed by atoms with Crippen molar-refractivity contribution in [3.05, 3.63) is 71.3 Å². The van der Waals surface area contributed by atoms with Crippen LogP contribution in [-0.2, 0) is 20.7 Å². The Morgan fingerprint density at radius 1 is 0.892 bits per heavy atom. The lowest BCUT2D eigenvalue weighted by atomic mass is 9.98. The van der Waals surface area contributed by atoms with Crippen LogP contribution in [0.4, 0.5) is 0 Å². The highest BCUT2D eigenvalue weighted by Gasteiger charge is 2.05. The van der Waals surface area contributed by atoms with Crippen molar-refractivity contribution >= 4 is 24.1 Å². The molecule has 0 aliphatic carbocycles. The molecule has 0 saturated heterocycles. The highest BCUT2D eigenvalue weighted by Crippen LogP contribution is 2.22. The summed E-state index contributed by atoms with van der Waals surface area (Å²) in [6.45, 7) is 11.6. The number of hydrogen-bond acceptors (Lipinski definition) is 5. The molecule has 37 heavy (non-hydrogen) atoms. The molecule has 0 aliphatic heterocycles. The van der Waals surface area contributed by atoms with E-state index in [0.717, 1.165) is 47.5 Å². The summed E-state index contributed by atoms with van der Waals surface area (Å²) in [6, 6.07) is 13.3. The number of benzene rings is 2. The van der Waals surface area contributed by atoms with Crippen molar-refractivity contribution in [1.29, 1.82) is 0 Å². The molecule has 1 N–H and O–H groups in total. The van der Waals surface area contributed by atoms with Crippen LogP contribution in [0.2, 0.25) is 0 Å². The number of hydrogen-bond donors (Lipinski definition) is 1. The first-order chi connectivity index (χ1) is 17.6. The summed E-state index contributed by atoms with van der Waals surface area (Å²) >= 11 is 0. The monoisotopic (exact) mass is 510 g/mol. The van der Waals surface area contributed by atoms with Crippen LogP contribution in [-0.4, -0.2) is 37.4 Å². The molecule has 2 aromatic carbocycles. The fraction of sp³-hybridized carbons (Fsp3) is 0.419. The van der Waals surface area contributed by atoms with Gasteiger partial charge in [0.1, 0.15) is 11.5 Å². The number of methoxy groups -OCH3 is 1. The summed E-state index contributed by atoms with van der Waals surface area (Å²) in [6.07, 6.45) is 8.89. The Balaban J connectivity index is 0.000000371. The second-order valence-electron chi connectivity index (χ2n) is 9.35. The summed E-state index contributed by atoms with van der Waals surface area (Å²) in [5.74, 6) is 1.57. The number of carbonyl (C=O) groups excluding carboxylic acids is 1. The summed E-state index contributed by atoms with van der Waals surface area (Å²) in [4.78, 5) is 22.0. The normalized spacial score (nSPS) is 11.0. The average Bonchev–Trinajstić information content (AvgIpc) is 2.86. The molecule has 0 unspecified atom stereocenters. The molecule has 0 aromatic heterocycles. The van der Waals surface area contributed by atoms with Gasteiger partial charge in [-0.2, -0.15) is 0 Å². The second kappa shape index (κ2) is 17.8. The van der Waals surface area contributed by atoms with Gasteiger partial charge in [-0.25, -0.2) is 9.59 Å². The molecule has 0 heterocycles. The molecular formula is C31H42O6. The van der Waals surface area contributed by atoms with Gasteiger partial charge in [0.05, 0.1) is 20.3 Å². The van der Waals surface area contributed by atoms with Crippen LogP contribution >= 0.6 is 0 Å². The Bertz CT molecular complexity index is 1000. The molecule has 0 atom stereocenters. The molecule has 0 bridgehead atoms. The molecule has 202 valence electrons. The van der Waals surface area contributed by atoms with E-state index in [1.54, 1.807) is 19.3 Å². The Labute approximate surface area is 222 Å². The molecule has 6 nitrogen and oxygen atoms in total. The molecule has 0 aliphatic rings. The van der Waals surface area contributed by atoms with Crippen LogP contribution in [0.1, 0.15) is 64.2 Å². The van der Waals surface area contributed by atoms with E-state index < -0.39 is 5.97 Å². The summed E-state index contributed by atoms with van der Waals surface area (Å²) in [5.41, 5.74) is 3.03. The zero-order valence-electron chi connectivity index (χ0n) is 23.0. The zero-order chi connectivity index (χ0) is 27.6. The molecular weight excluding hydrogens is 468 g/mol. The molecule has 2 aromatic rings. The molecule has 0 spiro atoms. The van der Waals surface area contributed by atoms with E-state index in [2.05, 4.69) is 27.7 Å². The first-order valence-electron chi connectivity index (χ1n) is 12.8. The smallest absolute Gasteiger partial charge is 0.330 e. The zero-order valence-corrected chi connectivity index (χ0v) is 23.0. The highest BCUT2D eigenvalue weighted by atomic mass is 16.5. The van der Waals surface area contributed by atoms with Gasteiger partial charge in [0.15, 0.2) is 0 Å². The van der Waals surface area contributed by atoms with E-state index in [9.17, 15) is 9.59 Å². The number of carbonyl (C=O) groups is 2. The minimum absolute atomic E-state index is 0.300. The van der Waals surface area contributed by atoms with Gasteiger partial charge in [0.25, 0.3) is 0 Å². The molecule has 0 fully saturated rings. The van der Waals surface area contributed by atoms with Gasteiger partial charge in [-0.05, 0) is 91.1 Å². The van der Waals surface area contributed by atoms with Crippen molar-refractivity contribution in [2.45, 2.75) is 53.9 Å². The van der Waals surface area contributed by atoms with Crippen molar-refractivity contribution < 1.29 is 28.9 Å². The van der Waals surface area contributed by atoms with Gasteiger partial charge in [-0.3, -0.25) is 0 Å². The summed E-state index contributed by atoms with van der Waals surface area (Å²) < 4.78 is 15.6. The molecule has 0 saturated carbocycles. The lowest BCUT2D eigenvalue weighted by molar-refractivity contribution is -0.138. The van der Waals surface area contributed by atoms with Crippen LogP contribution in [0.25, 0.3) is 12.2 Å². The van der Waals surface area contributed by atoms with E-state index in [1.165, 1.54) is 12.2 Å². The minimum Gasteiger partial charge on any atom is -0.497 e. The van der Waals surface area contributed by atoms with Gasteiger partial charge < -0.3 is 19.3 Å². The van der Waals surface area contributed by atoms with E-state index in [-0.39, 0.29) is 5.97 Å². The number of aryl methyl sites for hydroxylation is 1. The second-order valence-corrected chi connectivity index (χ2v) is 9.35. The molecule has 6 heteroatoms. The maximum Gasteiger partial charge on any atom is 0.330 e. The number of aliphatic carboxylic acids is 1. The Kier molecular flexibility index (Phi) is 15.2. The van der Waals surface area contributed by atoms with Gasteiger partial charge in [0.2, 0.25) is 0 Å². The fourth-order valence-electron chi connectivity index (χ4n) is 3.15. The van der Waals surface area contributed by atoms with Crippen LogP contribution < -0.4 is 9.47 Å². The van der Waals surface area contributed by atoms with Crippen molar-refractivity contribution in [3.8, 4) is 11.5 Å². The predicted octanol–water partition coefficient (Wildman–Crippen LogP) is 7.07. The van der Waals surface area contributed by atoms with E-state index >= 15 is 0 Å². The number of carboxylic acids is 1. The largest absolute Gasteiger partial charge is 0.497 e. The van der Waals surface area contributed by atoms with Crippen molar-refractivity contribution in [2.75, 3.05) is 20.3 Å². The summed E-state index contributed by atoms with van der Waals surface area (Å²) in [5, 5.41) is 8.71. The fourth-order valence-corrected chi connectivity index (χ4v) is 3.15. The van der Waals surface area contributed by atoms with Gasteiger partial charge >= 0.3 is 11.9 Å².